The number of aliphatic imine (C=N–C) groups is 1. The maximum atomic E-state index is 4.37. The molecule has 0 radical (unpaired) electrons. The molecule has 0 atom stereocenters. The van der Waals surface area contributed by atoms with E-state index in [1.807, 2.05) is 0 Å². The summed E-state index contributed by atoms with van der Waals surface area (Å²) in [6, 6.07) is 0.444. The van der Waals surface area contributed by atoms with Crippen LogP contribution in [0.2, 0.25) is 0 Å². The van der Waals surface area contributed by atoms with E-state index in [4.69, 9.17) is 0 Å². The van der Waals surface area contributed by atoms with Crippen molar-refractivity contribution in [3.63, 3.8) is 0 Å². The van der Waals surface area contributed by atoms with Crippen molar-refractivity contribution in [1.29, 1.82) is 0 Å². The van der Waals surface area contributed by atoms with Gasteiger partial charge in [0.2, 0.25) is 0 Å². The molecule has 0 aromatic rings. The fourth-order valence-corrected chi connectivity index (χ4v) is 0.817. The van der Waals surface area contributed by atoms with Crippen molar-refractivity contribution >= 4 is 5.96 Å². The summed E-state index contributed by atoms with van der Waals surface area (Å²) in [5.74, 6) is 0.925. The zero-order valence-corrected chi connectivity index (χ0v) is 8.65. The number of nitrogens with one attached hydrogen (secondary N) is 2. The third-order valence-electron chi connectivity index (χ3n) is 1.26. The summed E-state index contributed by atoms with van der Waals surface area (Å²) in [5.41, 5.74) is 0. The second-order valence-corrected chi connectivity index (χ2v) is 3.06. The van der Waals surface area contributed by atoms with Crippen LogP contribution in [-0.4, -0.2) is 25.1 Å². The molecule has 0 heterocycles. The van der Waals surface area contributed by atoms with Gasteiger partial charge in [-0.3, -0.25) is 4.99 Å². The Hall–Kier alpha value is -0.730. The summed E-state index contributed by atoms with van der Waals surface area (Å²) in [7, 11) is 0. The number of hydrogen-bond acceptors (Lipinski definition) is 1. The molecule has 0 saturated heterocycles. The molecule has 0 aromatic carbocycles. The zero-order valence-electron chi connectivity index (χ0n) is 8.65. The molecule has 0 bridgehead atoms. The Kier molecular flexibility index (Phi) is 6.53. The molecule has 3 nitrogen and oxygen atoms in total. The van der Waals surface area contributed by atoms with Gasteiger partial charge in [0.05, 0.1) is 0 Å². The molecule has 12 heavy (non-hydrogen) atoms. The molecule has 2 N–H and O–H groups in total. The Morgan fingerprint density at radius 1 is 1.33 bits per heavy atom. The van der Waals surface area contributed by atoms with Crippen molar-refractivity contribution in [2.45, 2.75) is 40.2 Å². The highest BCUT2D eigenvalue weighted by Crippen LogP contribution is 1.81. The first-order valence-corrected chi connectivity index (χ1v) is 4.75. The van der Waals surface area contributed by atoms with Crippen molar-refractivity contribution in [2.24, 2.45) is 4.99 Å². The fourth-order valence-electron chi connectivity index (χ4n) is 0.817. The molecular formula is C9H21N3. The maximum absolute atomic E-state index is 4.37. The topological polar surface area (TPSA) is 36.4 Å². The van der Waals surface area contributed by atoms with Crippen LogP contribution in [0.1, 0.15) is 34.1 Å². The molecule has 3 heteroatoms. The minimum atomic E-state index is 0.444. The van der Waals surface area contributed by atoms with Crippen LogP contribution >= 0.6 is 0 Å². The van der Waals surface area contributed by atoms with Crippen molar-refractivity contribution in [2.75, 3.05) is 13.1 Å². The van der Waals surface area contributed by atoms with Crippen LogP contribution in [0.15, 0.2) is 4.99 Å². The van der Waals surface area contributed by atoms with Gasteiger partial charge < -0.3 is 10.6 Å². The molecule has 0 aliphatic carbocycles. The normalized spacial score (nSPS) is 11.9. The summed E-state index contributed by atoms with van der Waals surface area (Å²) in [6.45, 7) is 10.2. The van der Waals surface area contributed by atoms with Crippen LogP contribution in [0.4, 0.5) is 0 Å². The molecule has 0 amide bonds. The minimum absolute atomic E-state index is 0.444. The third-order valence-corrected chi connectivity index (χ3v) is 1.26. The molecule has 0 spiro atoms. The lowest BCUT2D eigenvalue weighted by Crippen LogP contribution is -2.41. The smallest absolute Gasteiger partial charge is 0.191 e. The van der Waals surface area contributed by atoms with Crippen molar-refractivity contribution < 1.29 is 0 Å². The van der Waals surface area contributed by atoms with E-state index in [0.717, 1.165) is 25.5 Å². The minimum Gasteiger partial charge on any atom is -0.357 e. The second-order valence-electron chi connectivity index (χ2n) is 3.06. The highest BCUT2D eigenvalue weighted by molar-refractivity contribution is 5.79. The average Bonchev–Trinajstić information content (AvgIpc) is 2.00. The van der Waals surface area contributed by atoms with Crippen molar-refractivity contribution in [3.05, 3.63) is 0 Å². The lowest BCUT2D eigenvalue weighted by Gasteiger charge is -2.13. The number of nitrogens with zero attached hydrogens (tertiary/aromatic N) is 1. The molecule has 72 valence electrons. The SMILES string of the molecule is CCCN=C(NCC)NC(C)C. The Morgan fingerprint density at radius 2 is 2.00 bits per heavy atom. The Morgan fingerprint density at radius 3 is 2.42 bits per heavy atom. The molecule has 0 aliphatic heterocycles. The van der Waals surface area contributed by atoms with Crippen LogP contribution in [-0.2, 0) is 0 Å². The Bertz CT molecular complexity index is 130. The zero-order chi connectivity index (χ0) is 9.40. The molecule has 0 rings (SSSR count). The standard InChI is InChI=1S/C9H21N3/c1-5-7-11-9(10-6-2)12-8(3)4/h8H,5-7H2,1-4H3,(H2,10,11,12). The Labute approximate surface area is 75.7 Å². The molecule has 0 saturated carbocycles. The van der Waals surface area contributed by atoms with Gasteiger partial charge in [0.15, 0.2) is 5.96 Å². The van der Waals surface area contributed by atoms with Gasteiger partial charge in [-0.15, -0.1) is 0 Å². The average molecular weight is 171 g/mol. The third kappa shape index (κ3) is 6.01. The quantitative estimate of drug-likeness (QED) is 0.495. The van der Waals surface area contributed by atoms with E-state index in [1.165, 1.54) is 0 Å². The summed E-state index contributed by atoms with van der Waals surface area (Å²) in [6.07, 6.45) is 1.09. The van der Waals surface area contributed by atoms with E-state index in [0.29, 0.717) is 6.04 Å². The predicted octanol–water partition coefficient (Wildman–Crippen LogP) is 1.36. The summed E-state index contributed by atoms with van der Waals surface area (Å²) in [4.78, 5) is 4.37. The van der Waals surface area contributed by atoms with Crippen LogP contribution in [0, 0.1) is 0 Å². The molecule has 0 unspecified atom stereocenters. The predicted molar refractivity (Wildman–Crippen MR) is 54.5 cm³/mol. The van der Waals surface area contributed by atoms with Crippen LogP contribution in [0.5, 0.6) is 0 Å². The van der Waals surface area contributed by atoms with Crippen LogP contribution in [0.25, 0.3) is 0 Å². The van der Waals surface area contributed by atoms with Gasteiger partial charge in [-0.1, -0.05) is 6.92 Å². The first kappa shape index (κ1) is 11.3. The fraction of sp³-hybridized carbons (Fsp3) is 0.889. The van der Waals surface area contributed by atoms with E-state index in [1.54, 1.807) is 0 Å². The van der Waals surface area contributed by atoms with Crippen LogP contribution < -0.4 is 10.6 Å². The monoisotopic (exact) mass is 171 g/mol. The molecule has 0 aromatic heterocycles. The number of hydrogen-bond donors (Lipinski definition) is 2. The van der Waals surface area contributed by atoms with Crippen molar-refractivity contribution in [1.82, 2.24) is 10.6 Å². The van der Waals surface area contributed by atoms with Gasteiger partial charge in [0, 0.05) is 19.1 Å². The summed E-state index contributed by atoms with van der Waals surface area (Å²) < 4.78 is 0. The number of guanidine groups is 1. The maximum Gasteiger partial charge on any atom is 0.191 e. The van der Waals surface area contributed by atoms with E-state index >= 15 is 0 Å². The molecule has 0 fully saturated rings. The lowest BCUT2D eigenvalue weighted by atomic mass is 10.4. The van der Waals surface area contributed by atoms with Gasteiger partial charge in [-0.25, -0.2) is 0 Å². The van der Waals surface area contributed by atoms with Gasteiger partial charge in [0.25, 0.3) is 0 Å². The van der Waals surface area contributed by atoms with Gasteiger partial charge in [-0.05, 0) is 27.2 Å². The van der Waals surface area contributed by atoms with E-state index in [9.17, 15) is 0 Å². The number of rotatable bonds is 4. The van der Waals surface area contributed by atoms with E-state index in [-0.39, 0.29) is 0 Å². The Balaban J connectivity index is 3.84. The summed E-state index contributed by atoms with van der Waals surface area (Å²) >= 11 is 0. The van der Waals surface area contributed by atoms with Gasteiger partial charge in [0.1, 0.15) is 0 Å². The molecular weight excluding hydrogens is 150 g/mol. The van der Waals surface area contributed by atoms with E-state index in [2.05, 4.69) is 43.3 Å². The first-order valence-electron chi connectivity index (χ1n) is 4.75. The lowest BCUT2D eigenvalue weighted by molar-refractivity contribution is 0.699. The first-order chi connectivity index (χ1) is 5.70. The highest BCUT2D eigenvalue weighted by Gasteiger charge is 1.97. The highest BCUT2D eigenvalue weighted by atomic mass is 15.2. The van der Waals surface area contributed by atoms with Gasteiger partial charge in [-0.2, -0.15) is 0 Å². The van der Waals surface area contributed by atoms with E-state index < -0.39 is 0 Å². The van der Waals surface area contributed by atoms with Crippen LogP contribution in [0.3, 0.4) is 0 Å². The van der Waals surface area contributed by atoms with Crippen molar-refractivity contribution in [3.8, 4) is 0 Å². The second kappa shape index (κ2) is 6.95. The van der Waals surface area contributed by atoms with Gasteiger partial charge >= 0.3 is 0 Å². The summed E-state index contributed by atoms with van der Waals surface area (Å²) in [5, 5.41) is 6.44. The largest absolute Gasteiger partial charge is 0.357 e. The molecule has 0 aliphatic rings.